The minimum atomic E-state index is -0.420. The highest BCUT2D eigenvalue weighted by Gasteiger charge is 2.15. The van der Waals surface area contributed by atoms with Crippen LogP contribution in [0.4, 0.5) is 11.4 Å². The van der Waals surface area contributed by atoms with Crippen LogP contribution in [-0.4, -0.2) is 15.1 Å². The molecule has 1 N–H and O–H groups in total. The van der Waals surface area contributed by atoms with Gasteiger partial charge in [0.05, 0.1) is 11.5 Å². The molecule has 0 fully saturated rings. The van der Waals surface area contributed by atoms with Gasteiger partial charge in [-0.05, 0) is 12.5 Å². The largest absolute Gasteiger partial charge is 0.372 e. The molecule has 18 heavy (non-hydrogen) atoms. The zero-order valence-electron chi connectivity index (χ0n) is 10.0. The monoisotopic (exact) mass is 248 g/mol. The standard InChI is InChI=1S/C11H12N4O3/c1-7-4-3-5-9(15(16)17)11(7)12-6-10-13-8(2)18-14-10/h3-5,12H,6H2,1-2H3. The molecule has 0 spiro atoms. The summed E-state index contributed by atoms with van der Waals surface area (Å²) in [5.74, 6) is 0.927. The molecular weight excluding hydrogens is 236 g/mol. The first-order valence-electron chi connectivity index (χ1n) is 5.35. The molecule has 0 amide bonds. The third-order valence-corrected chi connectivity index (χ3v) is 2.44. The quantitative estimate of drug-likeness (QED) is 0.658. The van der Waals surface area contributed by atoms with Crippen LogP contribution in [0.2, 0.25) is 0 Å². The summed E-state index contributed by atoms with van der Waals surface area (Å²) in [4.78, 5) is 14.5. The lowest BCUT2D eigenvalue weighted by Gasteiger charge is -2.07. The van der Waals surface area contributed by atoms with Crippen molar-refractivity contribution < 1.29 is 9.45 Å². The van der Waals surface area contributed by atoms with Crippen molar-refractivity contribution in [3.8, 4) is 0 Å². The number of hydrogen-bond acceptors (Lipinski definition) is 6. The highest BCUT2D eigenvalue weighted by Crippen LogP contribution is 2.27. The number of nitrogens with one attached hydrogen (secondary N) is 1. The molecule has 1 aromatic heterocycles. The van der Waals surface area contributed by atoms with Crippen LogP contribution < -0.4 is 5.32 Å². The first-order valence-corrected chi connectivity index (χ1v) is 5.35. The van der Waals surface area contributed by atoms with Gasteiger partial charge in [0.1, 0.15) is 5.69 Å². The fourth-order valence-electron chi connectivity index (χ4n) is 1.61. The second kappa shape index (κ2) is 4.82. The van der Waals surface area contributed by atoms with Gasteiger partial charge in [0, 0.05) is 13.0 Å². The van der Waals surface area contributed by atoms with Crippen molar-refractivity contribution in [1.82, 2.24) is 10.1 Å². The van der Waals surface area contributed by atoms with Crippen LogP contribution in [0.1, 0.15) is 17.3 Å². The molecule has 0 bridgehead atoms. The smallest absolute Gasteiger partial charge is 0.292 e. The second-order valence-corrected chi connectivity index (χ2v) is 3.81. The van der Waals surface area contributed by atoms with Gasteiger partial charge in [-0.15, -0.1) is 0 Å². The van der Waals surface area contributed by atoms with E-state index in [2.05, 4.69) is 15.5 Å². The molecule has 0 atom stereocenters. The molecule has 0 aliphatic rings. The van der Waals surface area contributed by atoms with Gasteiger partial charge in [-0.1, -0.05) is 17.3 Å². The van der Waals surface area contributed by atoms with E-state index in [1.54, 1.807) is 26.0 Å². The molecule has 1 aromatic carbocycles. The van der Waals surface area contributed by atoms with Crippen molar-refractivity contribution in [2.45, 2.75) is 20.4 Å². The summed E-state index contributed by atoms with van der Waals surface area (Å²) in [5.41, 5.74) is 1.31. The number of nitrogens with zero attached hydrogens (tertiary/aromatic N) is 3. The molecule has 0 aliphatic carbocycles. The number of aromatic nitrogens is 2. The summed E-state index contributed by atoms with van der Waals surface area (Å²) in [5, 5.41) is 17.6. The van der Waals surface area contributed by atoms with Crippen LogP contribution in [0, 0.1) is 24.0 Å². The molecule has 0 saturated heterocycles. The maximum Gasteiger partial charge on any atom is 0.292 e. The predicted molar refractivity (Wildman–Crippen MR) is 64.2 cm³/mol. The van der Waals surface area contributed by atoms with E-state index in [0.717, 1.165) is 5.56 Å². The first kappa shape index (κ1) is 12.0. The van der Waals surface area contributed by atoms with E-state index >= 15 is 0 Å². The number of para-hydroxylation sites is 1. The average Bonchev–Trinajstić information content (AvgIpc) is 2.73. The summed E-state index contributed by atoms with van der Waals surface area (Å²) in [7, 11) is 0. The lowest BCUT2D eigenvalue weighted by molar-refractivity contribution is -0.384. The Balaban J connectivity index is 2.20. The van der Waals surface area contributed by atoms with Crippen LogP contribution >= 0.6 is 0 Å². The third-order valence-electron chi connectivity index (χ3n) is 2.44. The Morgan fingerprint density at radius 2 is 2.22 bits per heavy atom. The van der Waals surface area contributed by atoms with E-state index in [9.17, 15) is 10.1 Å². The molecule has 0 saturated carbocycles. The number of anilines is 1. The van der Waals surface area contributed by atoms with Crippen LogP contribution in [0.5, 0.6) is 0 Å². The predicted octanol–water partition coefficient (Wildman–Crippen LogP) is 2.21. The number of nitro groups is 1. The second-order valence-electron chi connectivity index (χ2n) is 3.81. The zero-order chi connectivity index (χ0) is 13.1. The van der Waals surface area contributed by atoms with Crippen LogP contribution in [0.15, 0.2) is 22.7 Å². The fourth-order valence-corrected chi connectivity index (χ4v) is 1.61. The van der Waals surface area contributed by atoms with Gasteiger partial charge in [-0.25, -0.2) is 0 Å². The summed E-state index contributed by atoms with van der Waals surface area (Å²) < 4.78 is 4.83. The van der Waals surface area contributed by atoms with Crippen LogP contribution in [-0.2, 0) is 6.54 Å². The average molecular weight is 248 g/mol. The van der Waals surface area contributed by atoms with Crippen molar-refractivity contribution in [3.05, 3.63) is 45.6 Å². The van der Waals surface area contributed by atoms with Crippen molar-refractivity contribution in [1.29, 1.82) is 0 Å². The molecule has 7 heteroatoms. The molecular formula is C11H12N4O3. The molecule has 2 aromatic rings. The van der Waals surface area contributed by atoms with Crippen molar-refractivity contribution in [3.63, 3.8) is 0 Å². The number of benzene rings is 1. The van der Waals surface area contributed by atoms with Crippen molar-refractivity contribution in [2.75, 3.05) is 5.32 Å². The molecule has 2 rings (SSSR count). The minimum absolute atomic E-state index is 0.0372. The highest BCUT2D eigenvalue weighted by atomic mass is 16.6. The van der Waals surface area contributed by atoms with Gasteiger partial charge in [0.2, 0.25) is 5.89 Å². The first-order chi connectivity index (χ1) is 8.58. The van der Waals surface area contributed by atoms with Crippen LogP contribution in [0.3, 0.4) is 0 Å². The normalized spacial score (nSPS) is 10.3. The molecule has 94 valence electrons. The number of hydrogen-bond donors (Lipinski definition) is 1. The molecule has 0 radical (unpaired) electrons. The summed E-state index contributed by atoms with van der Waals surface area (Å²) in [6, 6.07) is 4.91. The SMILES string of the molecule is Cc1nc(CNc2c(C)cccc2[N+](=O)[O-])no1. The third kappa shape index (κ3) is 2.45. The van der Waals surface area contributed by atoms with E-state index in [0.29, 0.717) is 17.4 Å². The van der Waals surface area contributed by atoms with E-state index < -0.39 is 4.92 Å². The molecule has 7 nitrogen and oxygen atoms in total. The van der Waals surface area contributed by atoms with E-state index in [4.69, 9.17) is 4.52 Å². The zero-order valence-corrected chi connectivity index (χ0v) is 10.0. The lowest BCUT2D eigenvalue weighted by Crippen LogP contribution is -2.05. The summed E-state index contributed by atoms with van der Waals surface area (Å²) >= 11 is 0. The van der Waals surface area contributed by atoms with Crippen LogP contribution in [0.25, 0.3) is 0 Å². The van der Waals surface area contributed by atoms with Gasteiger partial charge in [0.15, 0.2) is 5.82 Å². The lowest BCUT2D eigenvalue weighted by atomic mass is 10.1. The Morgan fingerprint density at radius 3 is 2.83 bits per heavy atom. The van der Waals surface area contributed by atoms with Gasteiger partial charge < -0.3 is 9.84 Å². The van der Waals surface area contributed by atoms with Crippen molar-refractivity contribution in [2.24, 2.45) is 0 Å². The Morgan fingerprint density at radius 1 is 1.44 bits per heavy atom. The molecule has 0 aliphatic heterocycles. The minimum Gasteiger partial charge on any atom is -0.372 e. The van der Waals surface area contributed by atoms with Gasteiger partial charge in [-0.3, -0.25) is 10.1 Å². The summed E-state index contributed by atoms with van der Waals surface area (Å²) in [6.07, 6.45) is 0. The topological polar surface area (TPSA) is 94.1 Å². The number of nitro benzene ring substituents is 1. The molecule has 1 heterocycles. The fraction of sp³-hybridized carbons (Fsp3) is 0.273. The summed E-state index contributed by atoms with van der Waals surface area (Å²) in [6.45, 7) is 3.77. The van der Waals surface area contributed by atoms with Gasteiger partial charge >= 0.3 is 0 Å². The molecule has 0 unspecified atom stereocenters. The Hall–Kier alpha value is -2.44. The highest BCUT2D eigenvalue weighted by molar-refractivity contribution is 5.65. The van der Waals surface area contributed by atoms with E-state index in [1.165, 1.54) is 6.07 Å². The maximum absolute atomic E-state index is 10.9. The number of aryl methyl sites for hydroxylation is 2. The van der Waals surface area contributed by atoms with E-state index in [-0.39, 0.29) is 12.2 Å². The maximum atomic E-state index is 10.9. The van der Waals surface area contributed by atoms with Crippen molar-refractivity contribution >= 4 is 11.4 Å². The number of rotatable bonds is 4. The Bertz CT molecular complexity index is 579. The van der Waals surface area contributed by atoms with Gasteiger partial charge in [0.25, 0.3) is 5.69 Å². The Labute approximate surface area is 103 Å². The van der Waals surface area contributed by atoms with E-state index in [1.807, 2.05) is 0 Å². The Kier molecular flexibility index (Phi) is 3.22. The van der Waals surface area contributed by atoms with Gasteiger partial charge in [-0.2, -0.15) is 4.98 Å².